The maximum Gasteiger partial charge on any atom is 0.0943 e. The number of aryl methyl sites for hydroxylation is 1. The minimum atomic E-state index is -0.463. The fourth-order valence-corrected chi connectivity index (χ4v) is 1.76. The average Bonchev–Trinajstić information content (AvgIpc) is 2.12. The number of nitrogens with two attached hydrogens (primary N) is 1. The zero-order valence-corrected chi connectivity index (χ0v) is 6.90. The molecular formula is C10H13NO. The average molecular weight is 163 g/mol. The molecule has 1 aromatic carbocycles. The van der Waals surface area contributed by atoms with Gasteiger partial charge in [-0.3, -0.25) is 0 Å². The van der Waals surface area contributed by atoms with Crippen molar-refractivity contribution in [1.82, 2.24) is 0 Å². The second-order valence-electron chi connectivity index (χ2n) is 3.35. The Kier molecular flexibility index (Phi) is 1.87. The van der Waals surface area contributed by atoms with E-state index in [0.717, 1.165) is 18.4 Å². The lowest BCUT2D eigenvalue weighted by molar-refractivity contribution is 0.134. The first kappa shape index (κ1) is 7.77. The highest BCUT2D eigenvalue weighted by molar-refractivity contribution is 5.32. The molecule has 0 heterocycles. The van der Waals surface area contributed by atoms with Crippen LogP contribution in [0.3, 0.4) is 0 Å². The highest BCUT2D eigenvalue weighted by atomic mass is 16.3. The lowest BCUT2D eigenvalue weighted by atomic mass is 9.86. The van der Waals surface area contributed by atoms with E-state index in [1.807, 2.05) is 18.2 Å². The van der Waals surface area contributed by atoms with E-state index in [4.69, 9.17) is 5.73 Å². The van der Waals surface area contributed by atoms with Gasteiger partial charge in [-0.2, -0.15) is 0 Å². The van der Waals surface area contributed by atoms with Gasteiger partial charge in [-0.05, 0) is 24.0 Å². The van der Waals surface area contributed by atoms with Gasteiger partial charge in [0.25, 0.3) is 0 Å². The van der Waals surface area contributed by atoms with Crippen LogP contribution >= 0.6 is 0 Å². The first-order valence-electron chi connectivity index (χ1n) is 4.30. The molecule has 0 amide bonds. The Hall–Kier alpha value is -0.860. The van der Waals surface area contributed by atoms with Crippen LogP contribution in [0.15, 0.2) is 24.3 Å². The first-order valence-corrected chi connectivity index (χ1v) is 4.30. The molecule has 12 heavy (non-hydrogen) atoms. The molecule has 2 heteroatoms. The van der Waals surface area contributed by atoms with E-state index in [9.17, 15) is 5.11 Å². The molecule has 1 aromatic rings. The first-order chi connectivity index (χ1) is 5.79. The maximum atomic E-state index is 9.70. The monoisotopic (exact) mass is 163 g/mol. The van der Waals surface area contributed by atoms with Crippen LogP contribution in [0.1, 0.15) is 23.7 Å². The SMILES string of the molecule is N[C@@H]1CCc2ccccc2[C@@H]1O. The van der Waals surface area contributed by atoms with Crippen molar-refractivity contribution in [1.29, 1.82) is 0 Å². The molecule has 0 saturated carbocycles. The summed E-state index contributed by atoms with van der Waals surface area (Å²) in [5.41, 5.74) is 8.00. The molecule has 0 bridgehead atoms. The summed E-state index contributed by atoms with van der Waals surface area (Å²) in [4.78, 5) is 0. The Labute approximate surface area is 72.0 Å². The lowest BCUT2D eigenvalue weighted by Gasteiger charge is -2.26. The van der Waals surface area contributed by atoms with Crippen LogP contribution in [0.25, 0.3) is 0 Å². The van der Waals surface area contributed by atoms with Gasteiger partial charge >= 0.3 is 0 Å². The number of hydrogen-bond acceptors (Lipinski definition) is 2. The minimum absolute atomic E-state index is 0.0834. The van der Waals surface area contributed by atoms with E-state index >= 15 is 0 Å². The molecule has 0 fully saturated rings. The number of rotatable bonds is 0. The smallest absolute Gasteiger partial charge is 0.0943 e. The molecule has 0 aromatic heterocycles. The van der Waals surface area contributed by atoms with Crippen molar-refractivity contribution in [2.45, 2.75) is 25.0 Å². The Bertz CT molecular complexity index is 285. The number of fused-ring (bicyclic) bond motifs is 1. The quantitative estimate of drug-likeness (QED) is 0.599. The van der Waals surface area contributed by atoms with Gasteiger partial charge in [-0.1, -0.05) is 24.3 Å². The summed E-state index contributed by atoms with van der Waals surface area (Å²) in [6.45, 7) is 0. The van der Waals surface area contributed by atoms with Crippen LogP contribution in [-0.4, -0.2) is 11.1 Å². The van der Waals surface area contributed by atoms with E-state index < -0.39 is 6.10 Å². The molecule has 0 spiro atoms. The predicted molar refractivity (Wildman–Crippen MR) is 47.7 cm³/mol. The van der Waals surface area contributed by atoms with E-state index in [2.05, 4.69) is 6.07 Å². The Morgan fingerprint density at radius 2 is 2.08 bits per heavy atom. The second-order valence-corrected chi connectivity index (χ2v) is 3.35. The van der Waals surface area contributed by atoms with Gasteiger partial charge in [0.05, 0.1) is 6.10 Å². The van der Waals surface area contributed by atoms with Crippen LogP contribution in [0, 0.1) is 0 Å². The topological polar surface area (TPSA) is 46.2 Å². The van der Waals surface area contributed by atoms with Gasteiger partial charge < -0.3 is 10.8 Å². The summed E-state index contributed by atoms with van der Waals surface area (Å²) >= 11 is 0. The standard InChI is InChI=1S/C10H13NO/c11-9-6-5-7-3-1-2-4-8(7)10(9)12/h1-4,9-10,12H,5-6,11H2/t9-,10+/m1/s1. The molecule has 0 radical (unpaired) electrons. The molecular weight excluding hydrogens is 150 g/mol. The van der Waals surface area contributed by atoms with Gasteiger partial charge in [-0.15, -0.1) is 0 Å². The van der Waals surface area contributed by atoms with E-state index in [1.54, 1.807) is 0 Å². The highest BCUT2D eigenvalue weighted by Gasteiger charge is 2.23. The number of aliphatic hydroxyl groups excluding tert-OH is 1. The van der Waals surface area contributed by atoms with Crippen LogP contribution in [0.4, 0.5) is 0 Å². The van der Waals surface area contributed by atoms with Crippen molar-refractivity contribution in [2.24, 2.45) is 5.73 Å². The van der Waals surface area contributed by atoms with Crippen LogP contribution in [0.2, 0.25) is 0 Å². The largest absolute Gasteiger partial charge is 0.387 e. The zero-order valence-electron chi connectivity index (χ0n) is 6.90. The van der Waals surface area contributed by atoms with Crippen molar-refractivity contribution in [3.63, 3.8) is 0 Å². The molecule has 2 nitrogen and oxygen atoms in total. The summed E-state index contributed by atoms with van der Waals surface area (Å²) in [5, 5.41) is 9.70. The van der Waals surface area contributed by atoms with Crippen molar-refractivity contribution >= 4 is 0 Å². The van der Waals surface area contributed by atoms with Crippen molar-refractivity contribution in [3.05, 3.63) is 35.4 Å². The van der Waals surface area contributed by atoms with E-state index in [0.29, 0.717) is 0 Å². The van der Waals surface area contributed by atoms with Gasteiger partial charge in [0.2, 0.25) is 0 Å². The Balaban J connectivity index is 2.42. The third kappa shape index (κ3) is 1.13. The highest BCUT2D eigenvalue weighted by Crippen LogP contribution is 2.28. The normalized spacial score (nSPS) is 28.2. The molecule has 2 atom stereocenters. The molecule has 0 saturated heterocycles. The van der Waals surface area contributed by atoms with Crippen LogP contribution in [-0.2, 0) is 6.42 Å². The second kappa shape index (κ2) is 2.88. The lowest BCUT2D eigenvalue weighted by Crippen LogP contribution is -2.32. The van der Waals surface area contributed by atoms with Gasteiger partial charge in [0.15, 0.2) is 0 Å². The van der Waals surface area contributed by atoms with E-state index in [1.165, 1.54) is 5.56 Å². The van der Waals surface area contributed by atoms with Gasteiger partial charge in [-0.25, -0.2) is 0 Å². The summed E-state index contributed by atoms with van der Waals surface area (Å²) in [5.74, 6) is 0. The fraction of sp³-hybridized carbons (Fsp3) is 0.400. The third-order valence-electron chi connectivity index (χ3n) is 2.53. The summed E-state index contributed by atoms with van der Waals surface area (Å²) in [6.07, 6.45) is 1.42. The molecule has 3 N–H and O–H groups in total. The molecule has 0 aliphatic heterocycles. The minimum Gasteiger partial charge on any atom is -0.387 e. The van der Waals surface area contributed by atoms with Crippen molar-refractivity contribution < 1.29 is 5.11 Å². The fourth-order valence-electron chi connectivity index (χ4n) is 1.76. The van der Waals surface area contributed by atoms with Gasteiger partial charge in [0.1, 0.15) is 0 Å². The summed E-state index contributed by atoms with van der Waals surface area (Å²) in [6, 6.07) is 7.88. The Morgan fingerprint density at radius 3 is 2.92 bits per heavy atom. The number of hydrogen-bond donors (Lipinski definition) is 2. The summed E-state index contributed by atoms with van der Waals surface area (Å²) in [7, 11) is 0. The Morgan fingerprint density at radius 1 is 1.33 bits per heavy atom. The zero-order chi connectivity index (χ0) is 8.55. The molecule has 1 aliphatic carbocycles. The van der Waals surface area contributed by atoms with Gasteiger partial charge in [0, 0.05) is 6.04 Å². The van der Waals surface area contributed by atoms with Crippen molar-refractivity contribution in [3.8, 4) is 0 Å². The van der Waals surface area contributed by atoms with Crippen LogP contribution < -0.4 is 5.73 Å². The summed E-state index contributed by atoms with van der Waals surface area (Å²) < 4.78 is 0. The van der Waals surface area contributed by atoms with E-state index in [-0.39, 0.29) is 6.04 Å². The molecule has 0 unspecified atom stereocenters. The molecule has 1 aliphatic rings. The maximum absolute atomic E-state index is 9.70. The van der Waals surface area contributed by atoms with Crippen molar-refractivity contribution in [2.75, 3.05) is 0 Å². The van der Waals surface area contributed by atoms with Crippen LogP contribution in [0.5, 0.6) is 0 Å². The molecule has 2 rings (SSSR count). The molecule has 64 valence electrons. The predicted octanol–water partition coefficient (Wildman–Crippen LogP) is 0.993. The number of aliphatic hydroxyl groups is 1. The number of benzene rings is 1. The third-order valence-corrected chi connectivity index (χ3v) is 2.53.